The topological polar surface area (TPSA) is 64.1 Å². The number of hydrogen-bond acceptors (Lipinski definition) is 4. The first kappa shape index (κ1) is 8.73. The number of halogens is 1. The van der Waals surface area contributed by atoms with Crippen molar-refractivity contribution in [3.8, 4) is 5.88 Å². The minimum Gasteiger partial charge on any atom is -0.388 e. The van der Waals surface area contributed by atoms with Crippen LogP contribution in [-0.4, -0.2) is 23.1 Å². The Labute approximate surface area is 73.7 Å². The Morgan fingerprint density at radius 2 is 2.25 bits per heavy atom. The van der Waals surface area contributed by atoms with Crippen molar-refractivity contribution < 1.29 is 9.53 Å². The molecule has 0 aliphatic heterocycles. The number of carbonyl (C=O) groups is 1. The minimum atomic E-state index is -0.627. The monoisotopic (exact) mass is 187 g/mol. The van der Waals surface area contributed by atoms with Crippen LogP contribution in [0.1, 0.15) is 0 Å². The quantitative estimate of drug-likeness (QED) is 0.708. The number of rotatable bonds is 1. The summed E-state index contributed by atoms with van der Waals surface area (Å²) in [5, 5.41) is 2.31. The van der Waals surface area contributed by atoms with Crippen molar-refractivity contribution in [3.05, 3.63) is 17.5 Å². The van der Waals surface area contributed by atoms with Crippen molar-refractivity contribution in [2.24, 2.45) is 0 Å². The van der Waals surface area contributed by atoms with E-state index in [1.54, 1.807) is 0 Å². The molecule has 1 amide bonds. The van der Waals surface area contributed by atoms with Gasteiger partial charge in [0.1, 0.15) is 0 Å². The lowest BCUT2D eigenvalue weighted by Crippen LogP contribution is -2.22. The van der Waals surface area contributed by atoms with Gasteiger partial charge in [0.15, 0.2) is 5.15 Å². The fourth-order valence-electron chi connectivity index (χ4n) is 0.516. The number of nitrogens with one attached hydrogen (secondary N) is 1. The van der Waals surface area contributed by atoms with Gasteiger partial charge in [-0.05, 0) is 0 Å². The Balaban J connectivity index is 2.75. The van der Waals surface area contributed by atoms with Gasteiger partial charge in [-0.15, -0.1) is 0 Å². The van der Waals surface area contributed by atoms with Crippen molar-refractivity contribution in [2.75, 3.05) is 7.05 Å². The van der Waals surface area contributed by atoms with E-state index in [9.17, 15) is 4.79 Å². The first-order chi connectivity index (χ1) is 5.74. The highest BCUT2D eigenvalue weighted by atomic mass is 35.5. The summed E-state index contributed by atoms with van der Waals surface area (Å²) in [5.41, 5.74) is 0. The fourth-order valence-corrected chi connectivity index (χ4v) is 0.659. The van der Waals surface area contributed by atoms with Gasteiger partial charge in [0.25, 0.3) is 5.88 Å². The average Bonchev–Trinajstić information content (AvgIpc) is 2.09. The molecule has 1 aromatic rings. The van der Waals surface area contributed by atoms with Crippen LogP contribution in [-0.2, 0) is 0 Å². The molecule has 5 nitrogen and oxygen atoms in total. The van der Waals surface area contributed by atoms with Crippen molar-refractivity contribution in [1.82, 2.24) is 15.3 Å². The molecular formula is C6H6ClN3O2. The second-order valence-corrected chi connectivity index (χ2v) is 2.15. The number of amides is 1. The molecule has 0 bridgehead atoms. The van der Waals surface area contributed by atoms with Crippen LogP contribution in [0.15, 0.2) is 12.4 Å². The van der Waals surface area contributed by atoms with E-state index in [4.69, 9.17) is 11.6 Å². The van der Waals surface area contributed by atoms with Gasteiger partial charge in [0, 0.05) is 19.4 Å². The number of carbonyl (C=O) groups excluding carboxylic acids is 1. The van der Waals surface area contributed by atoms with Crippen LogP contribution in [0, 0.1) is 0 Å². The van der Waals surface area contributed by atoms with E-state index in [1.807, 2.05) is 0 Å². The molecule has 0 atom stereocenters. The lowest BCUT2D eigenvalue weighted by atomic mass is 10.7. The number of hydrogen-bond donors (Lipinski definition) is 1. The molecule has 6 heteroatoms. The molecule has 0 radical (unpaired) electrons. The van der Waals surface area contributed by atoms with Gasteiger partial charge in [-0.3, -0.25) is 0 Å². The molecule has 1 rings (SSSR count). The van der Waals surface area contributed by atoms with E-state index in [1.165, 1.54) is 19.4 Å². The zero-order valence-corrected chi connectivity index (χ0v) is 7.00. The second-order valence-electron chi connectivity index (χ2n) is 1.79. The third kappa shape index (κ3) is 2.06. The molecule has 64 valence electrons. The highest BCUT2D eigenvalue weighted by Gasteiger charge is 2.07. The Morgan fingerprint density at radius 3 is 2.83 bits per heavy atom. The molecule has 0 spiro atoms. The van der Waals surface area contributed by atoms with Gasteiger partial charge in [-0.1, -0.05) is 11.6 Å². The predicted octanol–water partition coefficient (Wildman–Crippen LogP) is 0.848. The SMILES string of the molecule is CNC(=O)Oc1nccnc1Cl. The van der Waals surface area contributed by atoms with Gasteiger partial charge < -0.3 is 10.1 Å². The summed E-state index contributed by atoms with van der Waals surface area (Å²) in [4.78, 5) is 18.0. The van der Waals surface area contributed by atoms with E-state index in [2.05, 4.69) is 20.0 Å². The Hall–Kier alpha value is -1.36. The minimum absolute atomic E-state index is 0.00137. The summed E-state index contributed by atoms with van der Waals surface area (Å²) in [6.07, 6.45) is 2.15. The zero-order valence-electron chi connectivity index (χ0n) is 6.24. The van der Waals surface area contributed by atoms with Gasteiger partial charge in [-0.25, -0.2) is 14.8 Å². The second kappa shape index (κ2) is 3.87. The lowest BCUT2D eigenvalue weighted by molar-refractivity contribution is 0.201. The number of nitrogens with zero attached hydrogens (tertiary/aromatic N) is 2. The van der Waals surface area contributed by atoms with Gasteiger partial charge in [-0.2, -0.15) is 0 Å². The van der Waals surface area contributed by atoms with Crippen LogP contribution in [0.3, 0.4) is 0 Å². The highest BCUT2D eigenvalue weighted by Crippen LogP contribution is 2.16. The Morgan fingerprint density at radius 1 is 1.58 bits per heavy atom. The van der Waals surface area contributed by atoms with Crippen LogP contribution < -0.4 is 10.1 Å². The molecule has 12 heavy (non-hydrogen) atoms. The molecule has 0 fully saturated rings. The van der Waals surface area contributed by atoms with E-state index in [0.717, 1.165) is 0 Å². The molecule has 0 aliphatic rings. The summed E-state index contributed by atoms with van der Waals surface area (Å²) in [6, 6.07) is 0. The molecule has 1 aromatic heterocycles. The molecule has 0 aromatic carbocycles. The molecule has 0 saturated carbocycles. The first-order valence-corrected chi connectivity index (χ1v) is 3.48. The van der Waals surface area contributed by atoms with Crippen molar-refractivity contribution in [3.63, 3.8) is 0 Å². The Bertz CT molecular complexity index is 292. The normalized spacial score (nSPS) is 9.17. The smallest absolute Gasteiger partial charge is 0.388 e. The molecule has 1 heterocycles. The van der Waals surface area contributed by atoms with Crippen LogP contribution in [0.2, 0.25) is 5.15 Å². The highest BCUT2D eigenvalue weighted by molar-refractivity contribution is 6.30. The van der Waals surface area contributed by atoms with E-state index >= 15 is 0 Å². The van der Waals surface area contributed by atoms with E-state index in [0.29, 0.717) is 0 Å². The summed E-state index contributed by atoms with van der Waals surface area (Å²) >= 11 is 5.55. The van der Waals surface area contributed by atoms with E-state index < -0.39 is 6.09 Å². The molecule has 0 saturated heterocycles. The van der Waals surface area contributed by atoms with Crippen LogP contribution in [0.4, 0.5) is 4.79 Å². The summed E-state index contributed by atoms with van der Waals surface area (Å²) in [5.74, 6) is -0.00137. The Kier molecular flexibility index (Phi) is 2.82. The standard InChI is InChI=1S/C6H6ClN3O2/c1-8-6(11)12-5-4(7)9-2-3-10-5/h2-3H,1H3,(H,8,11). The van der Waals surface area contributed by atoms with Crippen molar-refractivity contribution >= 4 is 17.7 Å². The maximum Gasteiger partial charge on any atom is 0.413 e. The number of aromatic nitrogens is 2. The molecule has 0 aliphatic carbocycles. The maximum absolute atomic E-state index is 10.7. The molecule has 1 N–H and O–H groups in total. The van der Waals surface area contributed by atoms with Crippen LogP contribution in [0.25, 0.3) is 0 Å². The number of ether oxygens (including phenoxy) is 1. The fraction of sp³-hybridized carbons (Fsp3) is 0.167. The first-order valence-electron chi connectivity index (χ1n) is 3.10. The third-order valence-electron chi connectivity index (χ3n) is 1.02. The average molecular weight is 188 g/mol. The lowest BCUT2D eigenvalue weighted by Gasteiger charge is -2.01. The van der Waals surface area contributed by atoms with Gasteiger partial charge >= 0.3 is 6.09 Å². The molecular weight excluding hydrogens is 182 g/mol. The van der Waals surface area contributed by atoms with Gasteiger partial charge in [0.05, 0.1) is 0 Å². The summed E-state index contributed by atoms with van der Waals surface area (Å²) in [7, 11) is 1.44. The van der Waals surface area contributed by atoms with Crippen LogP contribution >= 0.6 is 11.6 Å². The largest absolute Gasteiger partial charge is 0.413 e. The van der Waals surface area contributed by atoms with Gasteiger partial charge in [0.2, 0.25) is 0 Å². The molecule has 0 unspecified atom stereocenters. The van der Waals surface area contributed by atoms with E-state index in [-0.39, 0.29) is 11.0 Å². The van der Waals surface area contributed by atoms with Crippen molar-refractivity contribution in [1.29, 1.82) is 0 Å². The van der Waals surface area contributed by atoms with Crippen molar-refractivity contribution in [2.45, 2.75) is 0 Å². The summed E-state index contributed by atoms with van der Waals surface area (Å²) in [6.45, 7) is 0. The zero-order chi connectivity index (χ0) is 8.97. The third-order valence-corrected chi connectivity index (χ3v) is 1.28. The van der Waals surface area contributed by atoms with Crippen LogP contribution in [0.5, 0.6) is 5.88 Å². The maximum atomic E-state index is 10.7. The summed E-state index contributed by atoms with van der Waals surface area (Å²) < 4.78 is 4.64. The predicted molar refractivity (Wildman–Crippen MR) is 42.1 cm³/mol.